The van der Waals surface area contributed by atoms with E-state index in [1.54, 1.807) is 6.92 Å². The summed E-state index contributed by atoms with van der Waals surface area (Å²) in [6.07, 6.45) is -0.829. The zero-order valence-corrected chi connectivity index (χ0v) is 21.3. The average Bonchev–Trinajstić information content (AvgIpc) is 2.88. The first-order valence-corrected chi connectivity index (χ1v) is 9.48. The fourth-order valence-corrected chi connectivity index (χ4v) is 0.756. The summed E-state index contributed by atoms with van der Waals surface area (Å²) in [5, 5.41) is 0. The van der Waals surface area contributed by atoms with Gasteiger partial charge in [0.25, 0.3) is 0 Å². The van der Waals surface area contributed by atoms with Gasteiger partial charge in [0.2, 0.25) is 0 Å². The molecule has 0 N–H and O–H groups in total. The Morgan fingerprint density at radius 3 is 0.939 bits per heavy atom. The molecule has 0 unspecified atom stereocenters. The molecule has 0 atom stereocenters. The first-order chi connectivity index (χ1) is 15.7. The Morgan fingerprint density at radius 2 is 0.758 bits per heavy atom. The summed E-state index contributed by atoms with van der Waals surface area (Å²) in [5.41, 5.74) is 0. The Balaban J connectivity index is -0.0000000708. The number of ether oxygens (including phenoxy) is 8. The Hall–Kier alpha value is -3.44. The highest BCUT2D eigenvalue weighted by molar-refractivity contribution is 5.60. The fraction of sp³-hybridized carbons (Fsp3) is 0.619. The number of methoxy groups -OCH3 is 5. The lowest BCUT2D eigenvalue weighted by atomic mass is 10.5. The fourth-order valence-electron chi connectivity index (χ4n) is 0.756. The predicted octanol–water partition coefficient (Wildman–Crippen LogP) is 5.15. The lowest BCUT2D eigenvalue weighted by Gasteiger charge is -2.00. The van der Waals surface area contributed by atoms with Gasteiger partial charge < -0.3 is 37.9 Å². The summed E-state index contributed by atoms with van der Waals surface area (Å²) in [5.74, 6) is 0. The van der Waals surface area contributed by atoms with Crippen LogP contribution in [0.15, 0.2) is 26.3 Å². The highest BCUT2D eigenvalue weighted by atomic mass is 16.7. The number of carbonyl (C=O) groups excluding carboxylic acids is 4. The van der Waals surface area contributed by atoms with Gasteiger partial charge in [0.15, 0.2) is 0 Å². The van der Waals surface area contributed by atoms with Crippen molar-refractivity contribution < 1.29 is 57.1 Å². The molecule has 0 aliphatic heterocycles. The Bertz CT molecular complexity index is 397. The molecule has 0 saturated heterocycles. The van der Waals surface area contributed by atoms with E-state index in [4.69, 9.17) is 0 Å². The van der Waals surface area contributed by atoms with Crippen molar-refractivity contribution in [2.24, 2.45) is 0 Å². The zero-order valence-electron chi connectivity index (χ0n) is 21.3. The molecule has 0 rings (SSSR count). The molecular weight excluding hydrogens is 444 g/mol. The van der Waals surface area contributed by atoms with Gasteiger partial charge in [-0.15, -0.1) is 26.3 Å². The van der Waals surface area contributed by atoms with E-state index in [9.17, 15) is 19.2 Å². The van der Waals surface area contributed by atoms with E-state index in [-0.39, 0.29) is 0 Å². The quantitative estimate of drug-likeness (QED) is 0.288. The first-order valence-electron chi connectivity index (χ1n) is 9.48. The number of hydrogen-bond acceptors (Lipinski definition) is 12. The highest BCUT2D eigenvalue weighted by Gasteiger charge is 1.98. The SMILES string of the molecule is C=C.C=C.CCCOC(=O)OC.CCCOC(=O)OCC.COC(=O)OC.COC(=O)OC. The van der Waals surface area contributed by atoms with Crippen LogP contribution in [0.5, 0.6) is 0 Å². The van der Waals surface area contributed by atoms with Gasteiger partial charge in [-0.1, -0.05) is 13.8 Å². The van der Waals surface area contributed by atoms with Crippen LogP contribution in [-0.4, -0.2) is 80.0 Å². The van der Waals surface area contributed by atoms with E-state index < -0.39 is 24.6 Å². The van der Waals surface area contributed by atoms with Gasteiger partial charge in [0.1, 0.15) is 0 Å². The summed E-state index contributed by atoms with van der Waals surface area (Å²) in [6, 6.07) is 0. The number of carbonyl (C=O) groups is 4. The van der Waals surface area contributed by atoms with Crippen molar-refractivity contribution in [3.8, 4) is 0 Å². The summed E-state index contributed by atoms with van der Waals surface area (Å²) >= 11 is 0. The van der Waals surface area contributed by atoms with Crippen LogP contribution in [-0.2, 0) is 37.9 Å². The molecule has 0 heterocycles. The predicted molar refractivity (Wildman–Crippen MR) is 123 cm³/mol. The monoisotopic (exact) mass is 486 g/mol. The van der Waals surface area contributed by atoms with Gasteiger partial charge in [-0.2, -0.15) is 0 Å². The van der Waals surface area contributed by atoms with E-state index in [2.05, 4.69) is 64.2 Å². The largest absolute Gasteiger partial charge is 0.508 e. The maximum Gasteiger partial charge on any atom is 0.508 e. The minimum atomic E-state index is -0.657. The second kappa shape index (κ2) is 46.7. The van der Waals surface area contributed by atoms with Gasteiger partial charge in [-0.25, -0.2) is 19.2 Å². The average molecular weight is 487 g/mol. The molecule has 0 aliphatic carbocycles. The second-order valence-corrected chi connectivity index (χ2v) is 4.15. The van der Waals surface area contributed by atoms with Gasteiger partial charge in [0.05, 0.1) is 55.4 Å². The van der Waals surface area contributed by atoms with Crippen molar-refractivity contribution in [1.29, 1.82) is 0 Å². The van der Waals surface area contributed by atoms with E-state index in [1.807, 2.05) is 13.8 Å². The van der Waals surface area contributed by atoms with Crippen molar-refractivity contribution in [2.75, 3.05) is 55.4 Å². The summed E-state index contributed by atoms with van der Waals surface area (Å²) in [4.78, 5) is 40.0. The third-order valence-electron chi connectivity index (χ3n) is 1.94. The molecule has 0 fully saturated rings. The standard InChI is InChI=1S/C6H12O3.C5H10O3.2C3H6O3.2C2H4/c1-3-5-9-6(7)8-4-2;1-3-4-8-5(6)7-2;2*1-5-3(4)6-2;2*1-2/h3-5H2,1-2H3;3-4H2,1-2H3;2*1-2H3;2*1-2H2. The maximum absolute atomic E-state index is 10.4. The number of hydrogen-bond donors (Lipinski definition) is 0. The smallest absolute Gasteiger partial charge is 0.438 e. The molecular formula is C21H42O12. The van der Waals surface area contributed by atoms with E-state index in [0.717, 1.165) is 12.8 Å². The third-order valence-corrected chi connectivity index (χ3v) is 1.94. The minimum Gasteiger partial charge on any atom is -0.438 e. The van der Waals surface area contributed by atoms with Gasteiger partial charge in [-0.3, -0.25) is 0 Å². The summed E-state index contributed by atoms with van der Waals surface area (Å²) < 4.78 is 33.9. The molecule has 0 bridgehead atoms. The van der Waals surface area contributed by atoms with Crippen LogP contribution in [0.1, 0.15) is 33.6 Å². The van der Waals surface area contributed by atoms with E-state index in [1.165, 1.54) is 35.5 Å². The van der Waals surface area contributed by atoms with Crippen molar-refractivity contribution in [3.05, 3.63) is 26.3 Å². The van der Waals surface area contributed by atoms with Crippen molar-refractivity contribution >= 4 is 24.6 Å². The van der Waals surface area contributed by atoms with Crippen molar-refractivity contribution in [2.45, 2.75) is 33.6 Å². The topological polar surface area (TPSA) is 142 Å². The minimum absolute atomic E-state index is 0.378. The van der Waals surface area contributed by atoms with Crippen molar-refractivity contribution in [3.63, 3.8) is 0 Å². The molecule has 198 valence electrons. The van der Waals surface area contributed by atoms with E-state index in [0.29, 0.717) is 19.8 Å². The van der Waals surface area contributed by atoms with Gasteiger partial charge in [-0.05, 0) is 19.8 Å². The third kappa shape index (κ3) is 65.3. The van der Waals surface area contributed by atoms with Gasteiger partial charge >= 0.3 is 24.6 Å². The zero-order chi connectivity index (χ0) is 27.5. The van der Waals surface area contributed by atoms with Crippen LogP contribution >= 0.6 is 0 Å². The molecule has 0 amide bonds. The molecule has 12 heteroatoms. The molecule has 33 heavy (non-hydrogen) atoms. The molecule has 12 nitrogen and oxygen atoms in total. The molecule has 0 radical (unpaired) electrons. The summed E-state index contributed by atoms with van der Waals surface area (Å²) in [6.45, 7) is 18.9. The van der Waals surface area contributed by atoms with Crippen LogP contribution in [0.25, 0.3) is 0 Å². The van der Waals surface area contributed by atoms with Crippen LogP contribution in [0.3, 0.4) is 0 Å². The normalized spacial score (nSPS) is 7.15. The molecule has 0 aromatic heterocycles. The van der Waals surface area contributed by atoms with Crippen molar-refractivity contribution in [1.82, 2.24) is 0 Å². The van der Waals surface area contributed by atoms with Crippen LogP contribution in [0.4, 0.5) is 19.2 Å². The Kier molecular flexibility index (Phi) is 61.4. The molecule has 0 aliphatic rings. The van der Waals surface area contributed by atoms with Crippen LogP contribution in [0, 0.1) is 0 Å². The molecule has 0 spiro atoms. The van der Waals surface area contributed by atoms with Gasteiger partial charge in [0, 0.05) is 0 Å². The molecule has 0 aromatic carbocycles. The first kappa shape index (κ1) is 43.4. The summed E-state index contributed by atoms with van der Waals surface area (Å²) in [7, 11) is 6.31. The van der Waals surface area contributed by atoms with Crippen LogP contribution in [0.2, 0.25) is 0 Å². The second-order valence-electron chi connectivity index (χ2n) is 4.15. The number of rotatable bonds is 5. The lowest BCUT2D eigenvalue weighted by Crippen LogP contribution is -2.07. The Morgan fingerprint density at radius 1 is 0.485 bits per heavy atom. The molecule has 0 saturated carbocycles. The molecule has 0 aromatic rings. The maximum atomic E-state index is 10.4. The van der Waals surface area contributed by atoms with E-state index >= 15 is 0 Å². The highest BCUT2D eigenvalue weighted by Crippen LogP contribution is 1.86. The lowest BCUT2D eigenvalue weighted by molar-refractivity contribution is 0.0591. The van der Waals surface area contributed by atoms with Crippen LogP contribution < -0.4 is 0 Å². The Labute approximate surface area is 197 Å².